The monoisotopic (exact) mass is 390 g/mol. The van der Waals surface area contributed by atoms with Gasteiger partial charge in [-0.1, -0.05) is 41.7 Å². The molecule has 1 N–H and O–H groups in total. The van der Waals surface area contributed by atoms with Gasteiger partial charge in [0.25, 0.3) is 0 Å². The summed E-state index contributed by atoms with van der Waals surface area (Å²) in [6.07, 6.45) is -4.29. The van der Waals surface area contributed by atoms with Crippen molar-refractivity contribution in [1.29, 1.82) is 0 Å². The largest absolute Gasteiger partial charge is 0.401 e. The van der Waals surface area contributed by atoms with E-state index in [1.807, 2.05) is 26.8 Å². The molecule has 25 heavy (non-hydrogen) atoms. The van der Waals surface area contributed by atoms with Crippen LogP contribution in [0.4, 0.5) is 18.3 Å². The molecule has 0 unspecified atom stereocenters. The Morgan fingerprint density at radius 1 is 1.20 bits per heavy atom. The molecule has 0 aliphatic heterocycles. The van der Waals surface area contributed by atoms with E-state index < -0.39 is 12.7 Å². The zero-order valence-electron chi connectivity index (χ0n) is 14.3. The van der Waals surface area contributed by atoms with Crippen LogP contribution in [0.25, 0.3) is 0 Å². The molecule has 2 aromatic rings. The van der Waals surface area contributed by atoms with Crippen LogP contribution in [0.3, 0.4) is 0 Å². The van der Waals surface area contributed by atoms with Gasteiger partial charge < -0.3 is 5.32 Å². The van der Waals surface area contributed by atoms with Gasteiger partial charge in [-0.2, -0.15) is 13.2 Å². The Labute approximate surface area is 154 Å². The Bertz CT molecular complexity index is 732. The number of nitrogens with zero attached hydrogens (tertiary/aromatic N) is 3. The maximum Gasteiger partial charge on any atom is 0.401 e. The third-order valence-electron chi connectivity index (χ3n) is 3.07. The van der Waals surface area contributed by atoms with Crippen LogP contribution < -0.4 is 5.32 Å². The Balaban J connectivity index is 2.17. The summed E-state index contributed by atoms with van der Waals surface area (Å²) >= 11 is 6.51. The first kappa shape index (κ1) is 19.9. The molecule has 0 amide bonds. The molecule has 0 aliphatic carbocycles. The minimum absolute atomic E-state index is 0.0183. The van der Waals surface area contributed by atoms with E-state index in [1.165, 1.54) is 20.9 Å². The first-order valence-corrected chi connectivity index (χ1v) is 8.93. The van der Waals surface area contributed by atoms with Gasteiger partial charge in [0.1, 0.15) is 0 Å². The minimum atomic E-state index is -4.29. The van der Waals surface area contributed by atoms with Gasteiger partial charge in [0.05, 0.1) is 13.2 Å². The molecule has 0 radical (unpaired) electrons. The fourth-order valence-electron chi connectivity index (χ4n) is 2.21. The van der Waals surface area contributed by atoms with Crippen molar-refractivity contribution in [2.75, 3.05) is 11.9 Å². The molecule has 0 aliphatic rings. The number of hydrogen-bond donors (Lipinski definition) is 1. The van der Waals surface area contributed by atoms with Crippen molar-refractivity contribution in [3.05, 3.63) is 39.8 Å². The lowest BCUT2D eigenvalue weighted by molar-refractivity contribution is -0.151. The molecule has 0 saturated carbocycles. The lowest BCUT2D eigenvalue weighted by Gasteiger charge is -2.23. The predicted octanol–water partition coefficient (Wildman–Crippen LogP) is 4.91. The summed E-state index contributed by atoms with van der Waals surface area (Å²) < 4.78 is 40.7. The van der Waals surface area contributed by atoms with E-state index in [1.54, 1.807) is 24.3 Å². The molecule has 9 heteroatoms. The predicted molar refractivity (Wildman–Crippen MR) is 97.2 cm³/mol. The van der Waals surface area contributed by atoms with Crippen LogP contribution in [0.15, 0.2) is 30.3 Å². The number of nitrogens with one attached hydrogen (secondary N) is 1. The lowest BCUT2D eigenvalue weighted by Crippen LogP contribution is -2.35. The first-order valence-electron chi connectivity index (χ1n) is 7.71. The van der Waals surface area contributed by atoms with Gasteiger partial charge in [-0.05, 0) is 38.6 Å². The van der Waals surface area contributed by atoms with Crippen LogP contribution >= 0.6 is 23.6 Å². The zero-order chi connectivity index (χ0) is 18.7. The Morgan fingerprint density at radius 2 is 1.84 bits per heavy atom. The van der Waals surface area contributed by atoms with E-state index in [0.29, 0.717) is 9.09 Å². The fraction of sp³-hybridized carbons (Fsp3) is 0.500. The van der Waals surface area contributed by atoms with Gasteiger partial charge in [-0.15, -0.1) is 5.10 Å². The summed E-state index contributed by atoms with van der Waals surface area (Å²) in [6, 6.07) is 9.05. The molecule has 0 bridgehead atoms. The first-order chi connectivity index (χ1) is 11.5. The van der Waals surface area contributed by atoms with Crippen LogP contribution in [-0.4, -0.2) is 32.9 Å². The molecular formula is C16H21F3N4S2. The molecule has 138 valence electrons. The highest BCUT2D eigenvalue weighted by Crippen LogP contribution is 2.22. The third kappa shape index (κ3) is 7.13. The summed E-state index contributed by atoms with van der Waals surface area (Å²) in [5.74, 6) is 0. The standard InChI is InChI=1S/C16H21F3N4S2/c1-15(2,3)20-13-21-23(14(24)25-13)11-22(10-16(17,18)19)9-12-7-5-4-6-8-12/h4-8H,9-11H2,1-3H3,(H,20,21). The van der Waals surface area contributed by atoms with Gasteiger partial charge in [-0.25, -0.2) is 4.68 Å². The minimum Gasteiger partial charge on any atom is -0.356 e. The average Bonchev–Trinajstić information content (AvgIpc) is 2.75. The van der Waals surface area contributed by atoms with Crippen LogP contribution in [0.1, 0.15) is 26.3 Å². The molecule has 1 heterocycles. The van der Waals surface area contributed by atoms with Crippen molar-refractivity contribution < 1.29 is 13.2 Å². The summed E-state index contributed by atoms with van der Waals surface area (Å²) in [5.41, 5.74) is 0.606. The summed E-state index contributed by atoms with van der Waals surface area (Å²) in [7, 11) is 0. The van der Waals surface area contributed by atoms with Crippen molar-refractivity contribution in [1.82, 2.24) is 14.7 Å². The van der Waals surface area contributed by atoms with E-state index >= 15 is 0 Å². The summed E-state index contributed by atoms with van der Waals surface area (Å²) in [5, 5.41) is 8.11. The van der Waals surface area contributed by atoms with Crippen molar-refractivity contribution in [3.8, 4) is 0 Å². The van der Waals surface area contributed by atoms with Gasteiger partial charge in [0, 0.05) is 12.1 Å². The molecular weight excluding hydrogens is 369 g/mol. The van der Waals surface area contributed by atoms with Gasteiger partial charge in [-0.3, -0.25) is 4.90 Å². The van der Waals surface area contributed by atoms with Gasteiger partial charge >= 0.3 is 6.18 Å². The topological polar surface area (TPSA) is 33.1 Å². The summed E-state index contributed by atoms with van der Waals surface area (Å²) in [4.78, 5) is 1.28. The highest BCUT2D eigenvalue weighted by Gasteiger charge is 2.31. The second-order valence-electron chi connectivity index (χ2n) is 6.78. The number of hydrogen-bond acceptors (Lipinski definition) is 5. The number of rotatable bonds is 6. The fourth-order valence-corrected chi connectivity index (χ4v) is 3.41. The molecule has 0 saturated heterocycles. The number of benzene rings is 1. The zero-order valence-corrected chi connectivity index (χ0v) is 15.9. The molecule has 0 atom stereocenters. The normalized spacial score (nSPS) is 12.6. The smallest absolute Gasteiger partial charge is 0.356 e. The Kier molecular flexibility index (Phi) is 6.23. The number of halogens is 3. The second-order valence-corrected chi connectivity index (χ2v) is 8.40. The number of anilines is 1. The van der Waals surface area contributed by atoms with Crippen LogP contribution in [0.5, 0.6) is 0 Å². The highest BCUT2D eigenvalue weighted by molar-refractivity contribution is 7.73. The van der Waals surface area contributed by atoms with E-state index in [-0.39, 0.29) is 18.8 Å². The maximum absolute atomic E-state index is 12.9. The molecule has 0 spiro atoms. The summed E-state index contributed by atoms with van der Waals surface area (Å²) in [6.45, 7) is 5.06. The van der Waals surface area contributed by atoms with E-state index in [9.17, 15) is 13.2 Å². The molecule has 0 fully saturated rings. The van der Waals surface area contributed by atoms with Crippen molar-refractivity contribution >= 4 is 28.7 Å². The number of alkyl halides is 3. The highest BCUT2D eigenvalue weighted by atomic mass is 32.1. The molecule has 1 aromatic carbocycles. The lowest BCUT2D eigenvalue weighted by atomic mass is 10.1. The van der Waals surface area contributed by atoms with Crippen LogP contribution in [-0.2, 0) is 13.2 Å². The number of aromatic nitrogens is 2. The Hall–Kier alpha value is -1.45. The van der Waals surface area contributed by atoms with Gasteiger partial charge in [0.2, 0.25) is 5.13 Å². The molecule has 2 rings (SSSR count). The second kappa shape index (κ2) is 7.84. The SMILES string of the molecule is CC(C)(C)Nc1nn(CN(Cc2ccccc2)CC(F)(F)F)c(=S)s1. The van der Waals surface area contributed by atoms with Crippen molar-refractivity contribution in [3.63, 3.8) is 0 Å². The third-order valence-corrected chi connectivity index (χ3v) is 4.30. The average molecular weight is 390 g/mol. The van der Waals surface area contributed by atoms with E-state index in [4.69, 9.17) is 12.2 Å². The Morgan fingerprint density at radius 3 is 2.40 bits per heavy atom. The van der Waals surface area contributed by atoms with Crippen LogP contribution in [0, 0.1) is 3.95 Å². The molecule has 1 aromatic heterocycles. The van der Waals surface area contributed by atoms with Crippen molar-refractivity contribution in [2.24, 2.45) is 0 Å². The van der Waals surface area contributed by atoms with E-state index in [0.717, 1.165) is 5.56 Å². The van der Waals surface area contributed by atoms with Crippen molar-refractivity contribution in [2.45, 2.75) is 45.7 Å². The van der Waals surface area contributed by atoms with Crippen LogP contribution in [0.2, 0.25) is 0 Å². The quantitative estimate of drug-likeness (QED) is 0.711. The maximum atomic E-state index is 12.9. The van der Waals surface area contributed by atoms with E-state index in [2.05, 4.69) is 10.4 Å². The van der Waals surface area contributed by atoms with Gasteiger partial charge in [0.15, 0.2) is 3.95 Å². The molecule has 4 nitrogen and oxygen atoms in total.